The third-order valence-electron chi connectivity index (χ3n) is 2.38. The van der Waals surface area contributed by atoms with Gasteiger partial charge in [0.2, 0.25) is 0 Å². The highest BCUT2D eigenvalue weighted by atomic mass is 32.1. The number of aromatic nitrogens is 2. The Morgan fingerprint density at radius 2 is 2.13 bits per heavy atom. The molecule has 0 aliphatic carbocycles. The first-order valence-electron chi connectivity index (χ1n) is 5.05. The molecule has 0 spiro atoms. The summed E-state index contributed by atoms with van der Waals surface area (Å²) >= 11 is 1.69. The predicted molar refractivity (Wildman–Crippen MR) is 64.2 cm³/mol. The molecule has 0 bridgehead atoms. The van der Waals surface area contributed by atoms with E-state index in [0.717, 1.165) is 10.6 Å². The van der Waals surface area contributed by atoms with Crippen LogP contribution < -0.4 is 0 Å². The highest BCUT2D eigenvalue weighted by Crippen LogP contribution is 2.28. The fourth-order valence-corrected chi connectivity index (χ4v) is 2.42. The second kappa shape index (κ2) is 4.11. The number of hydrogen-bond donors (Lipinski definition) is 0. The van der Waals surface area contributed by atoms with E-state index in [1.165, 1.54) is 11.3 Å². The van der Waals surface area contributed by atoms with Crippen molar-refractivity contribution in [2.45, 2.75) is 26.7 Å². The van der Waals surface area contributed by atoms with Gasteiger partial charge < -0.3 is 0 Å². The average Bonchev–Trinajstić information content (AvgIpc) is 2.67. The van der Waals surface area contributed by atoms with Crippen molar-refractivity contribution < 1.29 is 0 Å². The van der Waals surface area contributed by atoms with Gasteiger partial charge in [-0.25, -0.2) is 4.98 Å². The molecule has 15 heavy (non-hydrogen) atoms. The van der Waals surface area contributed by atoms with Gasteiger partial charge in [-0.3, -0.25) is 4.98 Å². The van der Waals surface area contributed by atoms with Gasteiger partial charge in [0.1, 0.15) is 5.01 Å². The van der Waals surface area contributed by atoms with Crippen molar-refractivity contribution in [1.82, 2.24) is 9.97 Å². The van der Waals surface area contributed by atoms with Crippen molar-refractivity contribution in [3.8, 4) is 10.6 Å². The molecule has 0 radical (unpaired) electrons. The lowest BCUT2D eigenvalue weighted by Gasteiger charge is -2.00. The Morgan fingerprint density at radius 1 is 1.33 bits per heavy atom. The Morgan fingerprint density at radius 3 is 2.73 bits per heavy atom. The zero-order valence-electron chi connectivity index (χ0n) is 9.19. The highest BCUT2D eigenvalue weighted by Gasteiger charge is 2.09. The Bertz CT molecular complexity index is 460. The summed E-state index contributed by atoms with van der Waals surface area (Å²) < 4.78 is 0. The predicted octanol–water partition coefficient (Wildman–Crippen LogP) is 3.64. The van der Waals surface area contributed by atoms with Crippen LogP contribution in [-0.2, 0) is 0 Å². The summed E-state index contributed by atoms with van der Waals surface area (Å²) in [5, 5.41) is 3.20. The summed E-state index contributed by atoms with van der Waals surface area (Å²) in [5.74, 6) is 0.493. The second-order valence-corrected chi connectivity index (χ2v) is 4.78. The van der Waals surface area contributed by atoms with E-state index in [-0.39, 0.29) is 0 Å². The van der Waals surface area contributed by atoms with Gasteiger partial charge >= 0.3 is 0 Å². The van der Waals surface area contributed by atoms with Gasteiger partial charge in [-0.2, -0.15) is 0 Å². The molecule has 78 valence electrons. The van der Waals surface area contributed by atoms with Gasteiger partial charge in [-0.1, -0.05) is 13.8 Å². The first kappa shape index (κ1) is 10.3. The van der Waals surface area contributed by atoms with Crippen molar-refractivity contribution in [2.24, 2.45) is 0 Å². The third-order valence-corrected chi connectivity index (χ3v) is 3.28. The summed E-state index contributed by atoms with van der Waals surface area (Å²) in [6.45, 7) is 6.41. The molecule has 0 N–H and O–H groups in total. The molecule has 0 atom stereocenters. The van der Waals surface area contributed by atoms with Crippen LogP contribution in [0.4, 0.5) is 0 Å². The van der Waals surface area contributed by atoms with Gasteiger partial charge in [0.15, 0.2) is 0 Å². The minimum Gasteiger partial charge on any atom is -0.264 e. The number of thiazole rings is 1. The molecule has 0 aliphatic heterocycles. The van der Waals surface area contributed by atoms with Crippen LogP contribution >= 0.6 is 11.3 Å². The normalized spacial score (nSPS) is 10.9. The molecule has 0 aromatic carbocycles. The van der Waals surface area contributed by atoms with Crippen LogP contribution in [0.1, 0.15) is 31.0 Å². The van der Waals surface area contributed by atoms with Gasteiger partial charge in [-0.05, 0) is 24.5 Å². The van der Waals surface area contributed by atoms with Crippen LogP contribution in [0.5, 0.6) is 0 Å². The molecule has 0 saturated carbocycles. The standard InChI is InChI=1S/C12H14N2S/c1-8(2)11-7-15-12(14-11)10-6-13-5-4-9(10)3/h4-8H,1-3H3. The summed E-state index contributed by atoms with van der Waals surface area (Å²) in [6, 6.07) is 2.02. The maximum Gasteiger partial charge on any atom is 0.125 e. The summed E-state index contributed by atoms with van der Waals surface area (Å²) in [6.07, 6.45) is 3.70. The summed E-state index contributed by atoms with van der Waals surface area (Å²) in [7, 11) is 0. The molecule has 0 unspecified atom stereocenters. The van der Waals surface area contributed by atoms with Crippen molar-refractivity contribution in [1.29, 1.82) is 0 Å². The number of aryl methyl sites for hydroxylation is 1. The first-order valence-corrected chi connectivity index (χ1v) is 5.93. The molecule has 2 heterocycles. The molecule has 3 heteroatoms. The smallest absolute Gasteiger partial charge is 0.125 e. The van der Waals surface area contributed by atoms with Crippen LogP contribution in [0.3, 0.4) is 0 Å². The summed E-state index contributed by atoms with van der Waals surface area (Å²) in [5.41, 5.74) is 3.54. The zero-order valence-corrected chi connectivity index (χ0v) is 10.0. The van der Waals surface area contributed by atoms with E-state index in [1.807, 2.05) is 18.5 Å². The molecule has 0 fully saturated rings. The van der Waals surface area contributed by atoms with Crippen LogP contribution in [0, 0.1) is 6.92 Å². The minimum atomic E-state index is 0.493. The SMILES string of the molecule is Cc1ccncc1-c1nc(C(C)C)cs1. The lowest BCUT2D eigenvalue weighted by atomic mass is 10.1. The highest BCUT2D eigenvalue weighted by molar-refractivity contribution is 7.13. The topological polar surface area (TPSA) is 25.8 Å². The largest absolute Gasteiger partial charge is 0.264 e. The van der Waals surface area contributed by atoms with Crippen molar-refractivity contribution in [3.63, 3.8) is 0 Å². The van der Waals surface area contributed by atoms with E-state index < -0.39 is 0 Å². The lowest BCUT2D eigenvalue weighted by molar-refractivity contribution is 0.834. The van der Waals surface area contributed by atoms with E-state index in [4.69, 9.17) is 0 Å². The average molecular weight is 218 g/mol. The van der Waals surface area contributed by atoms with Gasteiger partial charge in [-0.15, -0.1) is 11.3 Å². The molecule has 2 rings (SSSR count). The number of nitrogens with zero attached hydrogens (tertiary/aromatic N) is 2. The van der Waals surface area contributed by atoms with E-state index in [9.17, 15) is 0 Å². The van der Waals surface area contributed by atoms with E-state index in [0.29, 0.717) is 5.92 Å². The molecule has 0 saturated heterocycles. The number of hydrogen-bond acceptors (Lipinski definition) is 3. The summed E-state index contributed by atoms with van der Waals surface area (Å²) in [4.78, 5) is 8.76. The van der Waals surface area contributed by atoms with E-state index >= 15 is 0 Å². The fourth-order valence-electron chi connectivity index (χ4n) is 1.36. The van der Waals surface area contributed by atoms with Crippen molar-refractivity contribution >= 4 is 11.3 Å². The van der Waals surface area contributed by atoms with Gasteiger partial charge in [0, 0.05) is 23.3 Å². The number of rotatable bonds is 2. The maximum absolute atomic E-state index is 4.62. The Labute approximate surface area is 94.0 Å². The molecule has 0 amide bonds. The van der Waals surface area contributed by atoms with Crippen LogP contribution in [0.25, 0.3) is 10.6 Å². The van der Waals surface area contributed by atoms with Crippen LogP contribution in [-0.4, -0.2) is 9.97 Å². The number of pyridine rings is 1. The minimum absolute atomic E-state index is 0.493. The molecule has 0 aliphatic rings. The molecular weight excluding hydrogens is 204 g/mol. The monoisotopic (exact) mass is 218 g/mol. The quantitative estimate of drug-likeness (QED) is 0.769. The Kier molecular flexibility index (Phi) is 2.82. The van der Waals surface area contributed by atoms with Gasteiger partial charge in [0.25, 0.3) is 0 Å². The van der Waals surface area contributed by atoms with Crippen molar-refractivity contribution in [2.75, 3.05) is 0 Å². The van der Waals surface area contributed by atoms with Crippen molar-refractivity contribution in [3.05, 3.63) is 35.1 Å². The second-order valence-electron chi connectivity index (χ2n) is 3.92. The molecule has 2 aromatic rings. The molecule has 2 nitrogen and oxygen atoms in total. The Balaban J connectivity index is 2.42. The maximum atomic E-state index is 4.62. The fraction of sp³-hybridized carbons (Fsp3) is 0.333. The third kappa shape index (κ3) is 2.07. The molecular formula is C12H14N2S. The van der Waals surface area contributed by atoms with Crippen LogP contribution in [0.15, 0.2) is 23.8 Å². The van der Waals surface area contributed by atoms with E-state index in [2.05, 4.69) is 36.1 Å². The molecule has 2 aromatic heterocycles. The van der Waals surface area contributed by atoms with E-state index in [1.54, 1.807) is 11.3 Å². The first-order chi connectivity index (χ1) is 7.18. The Hall–Kier alpha value is -1.22. The lowest BCUT2D eigenvalue weighted by Crippen LogP contribution is -1.88. The van der Waals surface area contributed by atoms with Crippen LogP contribution in [0.2, 0.25) is 0 Å². The van der Waals surface area contributed by atoms with Gasteiger partial charge in [0.05, 0.1) is 5.69 Å². The zero-order chi connectivity index (χ0) is 10.8.